The van der Waals surface area contributed by atoms with Crippen LogP contribution in [0.5, 0.6) is 0 Å². The molecule has 5 nitrogen and oxygen atoms in total. The Balaban J connectivity index is 3.83. The number of methoxy groups -OCH3 is 2. The fourth-order valence-electron chi connectivity index (χ4n) is 2.79. The molecule has 0 saturated carbocycles. The van der Waals surface area contributed by atoms with Crippen LogP contribution in [0.25, 0.3) is 0 Å². The van der Waals surface area contributed by atoms with Gasteiger partial charge in [0.25, 0.3) is 0 Å². The second-order valence-corrected chi connectivity index (χ2v) is 7.90. The predicted molar refractivity (Wildman–Crippen MR) is 94.5 cm³/mol. The van der Waals surface area contributed by atoms with Gasteiger partial charge in [0.1, 0.15) is 0 Å². The van der Waals surface area contributed by atoms with Crippen molar-refractivity contribution in [3.05, 3.63) is 0 Å². The van der Waals surface area contributed by atoms with Gasteiger partial charge in [-0.25, -0.2) is 0 Å². The highest BCUT2D eigenvalue weighted by Gasteiger charge is 2.28. The van der Waals surface area contributed by atoms with Crippen LogP contribution in [0.4, 0.5) is 0 Å². The van der Waals surface area contributed by atoms with Gasteiger partial charge in [0.2, 0.25) is 0 Å². The molecule has 0 aromatic carbocycles. The fourth-order valence-corrected chi connectivity index (χ4v) is 2.79. The van der Waals surface area contributed by atoms with Crippen molar-refractivity contribution in [1.82, 2.24) is 0 Å². The lowest BCUT2D eigenvalue weighted by Gasteiger charge is -2.22. The lowest BCUT2D eigenvalue weighted by atomic mass is 9.86. The first kappa shape index (κ1) is 22.9. The van der Waals surface area contributed by atoms with Crippen LogP contribution >= 0.6 is 0 Å². The Kier molecular flexibility index (Phi) is 10.2. The summed E-state index contributed by atoms with van der Waals surface area (Å²) in [6.07, 6.45) is 6.30. The summed E-state index contributed by atoms with van der Waals surface area (Å²) in [5.74, 6) is -0.368. The molecule has 142 valence electrons. The Morgan fingerprint density at radius 3 is 1.42 bits per heavy atom. The van der Waals surface area contributed by atoms with Gasteiger partial charge in [-0.3, -0.25) is 9.59 Å². The smallest absolute Gasteiger partial charge is 0.311 e. The second-order valence-electron chi connectivity index (χ2n) is 7.90. The number of hydrogen-bond donors (Lipinski definition) is 1. The van der Waals surface area contributed by atoms with Crippen LogP contribution in [0.2, 0.25) is 0 Å². The normalized spacial score (nSPS) is 12.3. The molecule has 0 aromatic heterocycles. The van der Waals surface area contributed by atoms with Crippen molar-refractivity contribution in [2.75, 3.05) is 14.2 Å². The van der Waals surface area contributed by atoms with Crippen molar-refractivity contribution in [3.8, 4) is 0 Å². The Labute approximate surface area is 147 Å². The molecule has 0 bridgehead atoms. The number of aliphatic hydroxyl groups is 1. The van der Waals surface area contributed by atoms with Gasteiger partial charge in [0.05, 0.1) is 31.2 Å². The van der Waals surface area contributed by atoms with Crippen molar-refractivity contribution in [3.63, 3.8) is 0 Å². The molecule has 0 amide bonds. The zero-order valence-corrected chi connectivity index (χ0v) is 16.3. The molecule has 0 atom stereocenters. The molecule has 0 fully saturated rings. The van der Waals surface area contributed by atoms with Gasteiger partial charge in [0.15, 0.2) is 0 Å². The fraction of sp³-hybridized carbons (Fsp3) is 0.895. The van der Waals surface area contributed by atoms with Gasteiger partial charge in [-0.2, -0.15) is 0 Å². The maximum atomic E-state index is 11.6. The third kappa shape index (κ3) is 8.67. The number of esters is 2. The summed E-state index contributed by atoms with van der Waals surface area (Å²) in [7, 11) is 2.82. The number of rotatable bonds is 12. The average Bonchev–Trinajstić information content (AvgIpc) is 2.53. The summed E-state index contributed by atoms with van der Waals surface area (Å²) < 4.78 is 9.58. The Morgan fingerprint density at radius 2 is 1.12 bits per heavy atom. The molecule has 0 heterocycles. The molecular formula is C19H36O5. The van der Waals surface area contributed by atoms with Crippen molar-refractivity contribution in [2.45, 2.75) is 85.2 Å². The summed E-state index contributed by atoms with van der Waals surface area (Å²) in [6.45, 7) is 7.55. The maximum absolute atomic E-state index is 11.6. The van der Waals surface area contributed by atoms with E-state index in [1.54, 1.807) is 0 Å². The highest BCUT2D eigenvalue weighted by Crippen LogP contribution is 2.27. The Morgan fingerprint density at radius 1 is 0.792 bits per heavy atom. The van der Waals surface area contributed by atoms with Gasteiger partial charge in [0, 0.05) is 0 Å². The molecule has 1 N–H and O–H groups in total. The standard InChI is InChI=1S/C19H36O5/c1-18(2,16(21)23-5)13-9-7-11-15(20)12-8-10-14-19(3,4)17(22)24-6/h15,20H,7-14H2,1-6H3. The number of carbonyl (C=O) groups is 2. The van der Waals surface area contributed by atoms with Crippen LogP contribution in [0, 0.1) is 10.8 Å². The summed E-state index contributed by atoms with van der Waals surface area (Å²) in [4.78, 5) is 23.2. The Hall–Kier alpha value is -1.10. The molecule has 0 radical (unpaired) electrons. The molecule has 0 unspecified atom stereocenters. The van der Waals surface area contributed by atoms with Crippen molar-refractivity contribution >= 4 is 11.9 Å². The predicted octanol–water partition coefficient (Wildman–Crippen LogP) is 3.87. The SMILES string of the molecule is COC(=O)C(C)(C)CCCCC(O)CCCCC(C)(C)C(=O)OC. The van der Waals surface area contributed by atoms with E-state index in [9.17, 15) is 14.7 Å². The average molecular weight is 344 g/mol. The van der Waals surface area contributed by atoms with Gasteiger partial charge in [-0.05, 0) is 53.4 Å². The molecule has 5 heteroatoms. The minimum Gasteiger partial charge on any atom is -0.469 e. The first-order valence-electron chi connectivity index (χ1n) is 8.91. The Bertz CT molecular complexity index is 351. The molecule has 0 aromatic rings. The van der Waals surface area contributed by atoms with E-state index in [4.69, 9.17) is 9.47 Å². The van der Waals surface area contributed by atoms with Gasteiger partial charge < -0.3 is 14.6 Å². The molecule has 0 aliphatic rings. The van der Waals surface area contributed by atoms with Gasteiger partial charge >= 0.3 is 11.9 Å². The number of hydrogen-bond acceptors (Lipinski definition) is 5. The molecular weight excluding hydrogens is 308 g/mol. The number of carbonyl (C=O) groups excluding carboxylic acids is 2. The maximum Gasteiger partial charge on any atom is 0.311 e. The first-order chi connectivity index (χ1) is 11.1. The molecule has 0 rings (SSSR count). The van der Waals surface area contributed by atoms with E-state index in [1.165, 1.54) is 14.2 Å². The van der Waals surface area contributed by atoms with Crippen LogP contribution in [0.15, 0.2) is 0 Å². The van der Waals surface area contributed by atoms with Crippen LogP contribution in [0.1, 0.15) is 79.1 Å². The van der Waals surface area contributed by atoms with Gasteiger partial charge in [-0.15, -0.1) is 0 Å². The quantitative estimate of drug-likeness (QED) is 0.430. The third-order valence-electron chi connectivity index (χ3n) is 4.65. The minimum absolute atomic E-state index is 0.184. The molecule has 0 aliphatic carbocycles. The lowest BCUT2D eigenvalue weighted by molar-refractivity contribution is -0.151. The number of aliphatic hydroxyl groups excluding tert-OH is 1. The zero-order chi connectivity index (χ0) is 18.8. The van der Waals surface area contributed by atoms with Gasteiger partial charge in [-0.1, -0.05) is 25.7 Å². The molecule has 0 spiro atoms. The molecule has 24 heavy (non-hydrogen) atoms. The molecule has 0 saturated heterocycles. The topological polar surface area (TPSA) is 72.8 Å². The summed E-state index contributed by atoms with van der Waals surface area (Å²) in [5.41, 5.74) is -0.918. The van der Waals surface area contributed by atoms with E-state index >= 15 is 0 Å². The molecule has 0 aliphatic heterocycles. The van der Waals surface area contributed by atoms with Crippen LogP contribution in [-0.2, 0) is 19.1 Å². The van der Waals surface area contributed by atoms with Crippen LogP contribution in [-0.4, -0.2) is 37.4 Å². The van der Waals surface area contributed by atoms with E-state index in [2.05, 4.69) is 0 Å². The minimum atomic E-state index is -0.459. The van der Waals surface area contributed by atoms with E-state index < -0.39 is 10.8 Å². The van der Waals surface area contributed by atoms with Crippen LogP contribution in [0.3, 0.4) is 0 Å². The number of ether oxygens (including phenoxy) is 2. The lowest BCUT2D eigenvalue weighted by Crippen LogP contribution is -2.25. The van der Waals surface area contributed by atoms with E-state index in [1.807, 2.05) is 27.7 Å². The third-order valence-corrected chi connectivity index (χ3v) is 4.65. The highest BCUT2D eigenvalue weighted by atomic mass is 16.5. The summed E-state index contributed by atoms with van der Waals surface area (Å²) >= 11 is 0. The summed E-state index contributed by atoms with van der Waals surface area (Å²) in [5, 5.41) is 10.0. The largest absolute Gasteiger partial charge is 0.469 e. The zero-order valence-electron chi connectivity index (χ0n) is 16.3. The first-order valence-corrected chi connectivity index (χ1v) is 8.91. The second kappa shape index (κ2) is 10.7. The van der Waals surface area contributed by atoms with E-state index in [0.29, 0.717) is 0 Å². The number of unbranched alkanes of at least 4 members (excludes halogenated alkanes) is 2. The van der Waals surface area contributed by atoms with Crippen molar-refractivity contribution in [2.24, 2.45) is 10.8 Å². The summed E-state index contributed by atoms with van der Waals surface area (Å²) in [6, 6.07) is 0. The van der Waals surface area contributed by atoms with Crippen molar-refractivity contribution in [1.29, 1.82) is 0 Å². The highest BCUT2D eigenvalue weighted by molar-refractivity contribution is 5.76. The van der Waals surface area contributed by atoms with E-state index in [-0.39, 0.29) is 18.0 Å². The van der Waals surface area contributed by atoms with E-state index in [0.717, 1.165) is 51.4 Å². The monoisotopic (exact) mass is 344 g/mol. The van der Waals surface area contributed by atoms with Crippen LogP contribution < -0.4 is 0 Å². The van der Waals surface area contributed by atoms with Crippen molar-refractivity contribution < 1.29 is 24.2 Å².